The minimum atomic E-state index is -0.436. The number of hydrogen-bond donors (Lipinski definition) is 2. The summed E-state index contributed by atoms with van der Waals surface area (Å²) < 4.78 is 0. The highest BCUT2D eigenvalue weighted by molar-refractivity contribution is 6.02. The highest BCUT2D eigenvalue weighted by Gasteiger charge is 2.26. The van der Waals surface area contributed by atoms with E-state index in [1.165, 1.54) is 4.90 Å². The van der Waals surface area contributed by atoms with Gasteiger partial charge >= 0.3 is 0 Å². The van der Waals surface area contributed by atoms with Crippen molar-refractivity contribution in [2.45, 2.75) is 32.2 Å². The Morgan fingerprint density at radius 3 is 2.50 bits per heavy atom. The molecule has 3 amide bonds. The molecule has 0 aliphatic carbocycles. The number of amides is 3. The first-order valence-electron chi connectivity index (χ1n) is 5.39. The summed E-state index contributed by atoms with van der Waals surface area (Å²) in [6.45, 7) is 1.88. The molecular formula is C10H17N3O3. The summed E-state index contributed by atoms with van der Waals surface area (Å²) in [6, 6.07) is -0.197. The van der Waals surface area contributed by atoms with Crippen LogP contribution in [0, 0.1) is 0 Å². The predicted octanol–water partition coefficient (Wildman–Crippen LogP) is -1.01. The van der Waals surface area contributed by atoms with E-state index < -0.39 is 11.8 Å². The molecule has 0 aromatic rings. The molecule has 6 heteroatoms. The smallest absolute Gasteiger partial charge is 0.246 e. The van der Waals surface area contributed by atoms with Crippen LogP contribution in [0.25, 0.3) is 0 Å². The zero-order chi connectivity index (χ0) is 12.1. The highest BCUT2D eigenvalue weighted by Crippen LogP contribution is 2.04. The van der Waals surface area contributed by atoms with Gasteiger partial charge in [0.2, 0.25) is 17.7 Å². The summed E-state index contributed by atoms with van der Waals surface area (Å²) in [5.41, 5.74) is 5.73. The second-order valence-corrected chi connectivity index (χ2v) is 3.97. The summed E-state index contributed by atoms with van der Waals surface area (Å²) in [5, 5.41) is 2.14. The molecule has 0 bridgehead atoms. The molecule has 1 atom stereocenters. The van der Waals surface area contributed by atoms with Crippen molar-refractivity contribution in [3.05, 3.63) is 0 Å². The molecule has 1 heterocycles. The van der Waals surface area contributed by atoms with Crippen molar-refractivity contribution < 1.29 is 14.4 Å². The first-order chi connectivity index (χ1) is 7.52. The van der Waals surface area contributed by atoms with Gasteiger partial charge in [-0.25, -0.2) is 0 Å². The molecule has 0 saturated carbocycles. The number of piperazine rings is 1. The lowest BCUT2D eigenvalue weighted by Crippen LogP contribution is -2.54. The van der Waals surface area contributed by atoms with Gasteiger partial charge in [-0.15, -0.1) is 0 Å². The van der Waals surface area contributed by atoms with Gasteiger partial charge < -0.3 is 10.6 Å². The summed E-state index contributed by atoms with van der Waals surface area (Å²) in [4.78, 5) is 35.0. The van der Waals surface area contributed by atoms with E-state index >= 15 is 0 Å². The maximum absolute atomic E-state index is 11.7. The van der Waals surface area contributed by atoms with E-state index in [0.717, 1.165) is 12.8 Å². The van der Waals surface area contributed by atoms with Crippen LogP contribution in [-0.2, 0) is 14.4 Å². The summed E-state index contributed by atoms with van der Waals surface area (Å²) >= 11 is 0. The van der Waals surface area contributed by atoms with Crippen molar-refractivity contribution in [2.75, 3.05) is 13.1 Å². The lowest BCUT2D eigenvalue weighted by Gasteiger charge is -2.26. The van der Waals surface area contributed by atoms with Crippen LogP contribution in [-0.4, -0.2) is 41.8 Å². The van der Waals surface area contributed by atoms with Crippen LogP contribution in [0.5, 0.6) is 0 Å². The molecule has 1 fully saturated rings. The van der Waals surface area contributed by atoms with Crippen LogP contribution in [0.3, 0.4) is 0 Å². The van der Waals surface area contributed by atoms with Gasteiger partial charge in [0.05, 0.1) is 0 Å². The Morgan fingerprint density at radius 1 is 1.44 bits per heavy atom. The predicted molar refractivity (Wildman–Crippen MR) is 57.2 cm³/mol. The number of nitrogens with two attached hydrogens (primary N) is 1. The molecule has 6 nitrogen and oxygen atoms in total. The SMILES string of the molecule is CCCC(N)CC(=O)N1CC(=O)NC(=O)C1. The Bertz CT molecular complexity index is 288. The van der Waals surface area contributed by atoms with Gasteiger partial charge in [-0.1, -0.05) is 13.3 Å². The largest absolute Gasteiger partial charge is 0.327 e. The molecule has 90 valence electrons. The molecule has 0 spiro atoms. The number of carbonyl (C=O) groups excluding carboxylic acids is 3. The van der Waals surface area contributed by atoms with E-state index in [9.17, 15) is 14.4 Å². The molecule has 1 aliphatic heterocycles. The average molecular weight is 227 g/mol. The van der Waals surface area contributed by atoms with Crippen LogP contribution in [0.4, 0.5) is 0 Å². The maximum Gasteiger partial charge on any atom is 0.246 e. The molecule has 3 N–H and O–H groups in total. The fourth-order valence-electron chi connectivity index (χ4n) is 1.64. The molecule has 1 unspecified atom stereocenters. The Labute approximate surface area is 94.2 Å². The van der Waals surface area contributed by atoms with Crippen molar-refractivity contribution in [1.29, 1.82) is 0 Å². The summed E-state index contributed by atoms with van der Waals surface area (Å²) in [7, 11) is 0. The average Bonchev–Trinajstić information content (AvgIpc) is 2.16. The number of imide groups is 1. The van der Waals surface area contributed by atoms with Gasteiger partial charge in [-0.3, -0.25) is 19.7 Å². The third-order valence-corrected chi connectivity index (χ3v) is 2.40. The highest BCUT2D eigenvalue weighted by atomic mass is 16.2. The lowest BCUT2D eigenvalue weighted by atomic mass is 10.1. The molecule has 0 radical (unpaired) electrons. The van der Waals surface area contributed by atoms with Gasteiger partial charge in [-0.05, 0) is 6.42 Å². The fraction of sp³-hybridized carbons (Fsp3) is 0.700. The number of hydrogen-bond acceptors (Lipinski definition) is 4. The third-order valence-electron chi connectivity index (χ3n) is 2.40. The number of carbonyl (C=O) groups is 3. The van der Waals surface area contributed by atoms with Gasteiger partial charge in [-0.2, -0.15) is 0 Å². The molecule has 1 rings (SSSR count). The summed E-state index contributed by atoms with van der Waals surface area (Å²) in [5.74, 6) is -1.11. The molecule has 0 aromatic carbocycles. The monoisotopic (exact) mass is 227 g/mol. The van der Waals surface area contributed by atoms with Crippen molar-refractivity contribution in [3.63, 3.8) is 0 Å². The lowest BCUT2D eigenvalue weighted by molar-refractivity contribution is -0.145. The van der Waals surface area contributed by atoms with Crippen molar-refractivity contribution in [1.82, 2.24) is 10.2 Å². The standard InChI is InChI=1S/C10H17N3O3/c1-2-3-7(11)4-10(16)13-5-8(14)12-9(15)6-13/h7H,2-6,11H2,1H3,(H,12,14,15). The van der Waals surface area contributed by atoms with Crippen molar-refractivity contribution >= 4 is 17.7 Å². The Kier molecular flexibility index (Phi) is 4.42. The molecular weight excluding hydrogens is 210 g/mol. The van der Waals surface area contributed by atoms with Crippen LogP contribution < -0.4 is 11.1 Å². The maximum atomic E-state index is 11.7. The Balaban J connectivity index is 2.47. The van der Waals surface area contributed by atoms with Crippen molar-refractivity contribution in [2.24, 2.45) is 5.73 Å². The molecule has 16 heavy (non-hydrogen) atoms. The van der Waals surface area contributed by atoms with Crippen LogP contribution in [0.2, 0.25) is 0 Å². The van der Waals surface area contributed by atoms with Gasteiger partial charge in [0.1, 0.15) is 13.1 Å². The fourth-order valence-corrected chi connectivity index (χ4v) is 1.64. The number of nitrogens with zero attached hydrogens (tertiary/aromatic N) is 1. The molecule has 0 aromatic heterocycles. The first-order valence-corrected chi connectivity index (χ1v) is 5.39. The zero-order valence-corrected chi connectivity index (χ0v) is 9.36. The topological polar surface area (TPSA) is 92.5 Å². The Hall–Kier alpha value is -1.43. The minimum absolute atomic E-state index is 0.0522. The van der Waals surface area contributed by atoms with E-state index in [0.29, 0.717) is 0 Å². The van der Waals surface area contributed by atoms with E-state index in [1.54, 1.807) is 0 Å². The van der Waals surface area contributed by atoms with E-state index in [4.69, 9.17) is 5.73 Å². The van der Waals surface area contributed by atoms with Gasteiger partial charge in [0, 0.05) is 12.5 Å². The van der Waals surface area contributed by atoms with E-state index in [2.05, 4.69) is 5.32 Å². The summed E-state index contributed by atoms with van der Waals surface area (Å²) in [6.07, 6.45) is 1.86. The minimum Gasteiger partial charge on any atom is -0.327 e. The van der Waals surface area contributed by atoms with Gasteiger partial charge in [0.15, 0.2) is 0 Å². The number of rotatable bonds is 4. The molecule has 1 saturated heterocycles. The molecule has 1 aliphatic rings. The van der Waals surface area contributed by atoms with E-state index in [-0.39, 0.29) is 31.5 Å². The second kappa shape index (κ2) is 5.60. The normalized spacial score (nSPS) is 18.2. The van der Waals surface area contributed by atoms with Crippen LogP contribution in [0.1, 0.15) is 26.2 Å². The van der Waals surface area contributed by atoms with Gasteiger partial charge in [0.25, 0.3) is 0 Å². The third kappa shape index (κ3) is 3.62. The first kappa shape index (κ1) is 12.6. The zero-order valence-electron chi connectivity index (χ0n) is 9.36. The van der Waals surface area contributed by atoms with Crippen LogP contribution >= 0.6 is 0 Å². The quantitative estimate of drug-likeness (QED) is 0.602. The van der Waals surface area contributed by atoms with Crippen molar-refractivity contribution in [3.8, 4) is 0 Å². The van der Waals surface area contributed by atoms with Crippen LogP contribution in [0.15, 0.2) is 0 Å². The second-order valence-electron chi connectivity index (χ2n) is 3.97. The number of nitrogens with one attached hydrogen (secondary N) is 1. The van der Waals surface area contributed by atoms with E-state index in [1.807, 2.05) is 6.92 Å². The Morgan fingerprint density at radius 2 is 2.00 bits per heavy atom.